The zero-order chi connectivity index (χ0) is 24.8. The van der Waals surface area contributed by atoms with E-state index in [4.69, 9.17) is 14.6 Å². The van der Waals surface area contributed by atoms with E-state index in [9.17, 15) is 5.11 Å². The van der Waals surface area contributed by atoms with Crippen molar-refractivity contribution in [1.29, 1.82) is 0 Å². The number of aromatic nitrogens is 2. The maximum absolute atomic E-state index is 10.7. The van der Waals surface area contributed by atoms with E-state index in [0.29, 0.717) is 38.1 Å². The molecule has 0 radical (unpaired) electrons. The van der Waals surface area contributed by atoms with Gasteiger partial charge in [-0.1, -0.05) is 44.2 Å². The molecule has 1 atom stereocenters. The lowest BCUT2D eigenvalue weighted by molar-refractivity contribution is 0.00609. The number of aliphatic hydroxyl groups is 1. The second kappa shape index (κ2) is 11.8. The summed E-state index contributed by atoms with van der Waals surface area (Å²) in [4.78, 5) is 2.34. The van der Waals surface area contributed by atoms with E-state index >= 15 is 0 Å². The van der Waals surface area contributed by atoms with Gasteiger partial charge in [0.05, 0.1) is 29.7 Å². The molecule has 1 saturated carbocycles. The predicted octanol–water partition coefficient (Wildman–Crippen LogP) is 5.53. The van der Waals surface area contributed by atoms with Crippen LogP contribution in [0.25, 0.3) is 5.69 Å². The van der Waals surface area contributed by atoms with Gasteiger partial charge in [0.25, 0.3) is 0 Å². The van der Waals surface area contributed by atoms with Crippen LogP contribution < -0.4 is 4.74 Å². The summed E-state index contributed by atoms with van der Waals surface area (Å²) in [5.41, 5.74) is 4.08. The Balaban J connectivity index is 1.60. The lowest BCUT2D eigenvalue weighted by Gasteiger charge is -2.25. The van der Waals surface area contributed by atoms with Crippen molar-refractivity contribution in [2.45, 2.75) is 53.2 Å². The summed E-state index contributed by atoms with van der Waals surface area (Å²) in [6, 6.07) is 18.2. The molecule has 35 heavy (non-hydrogen) atoms. The molecule has 1 aliphatic rings. The third-order valence-electron chi connectivity index (χ3n) is 6.17. The standard InChI is InChI=1S/C29H39N3O3/c1-21(2)19-34-20-26(33)17-31(16-24-13-14-24)18-28-23(4)30-32(25-10-6-5-7-11-25)29(28)35-27-12-8-9-22(3)15-27/h5-12,15,21,24,26,33H,13-14,16-20H2,1-4H3/t26-/m0/s1. The summed E-state index contributed by atoms with van der Waals surface area (Å²) in [6.07, 6.45) is 1.98. The van der Waals surface area contributed by atoms with Gasteiger partial charge in [0.2, 0.25) is 5.88 Å². The van der Waals surface area contributed by atoms with E-state index in [1.807, 2.05) is 60.1 Å². The third kappa shape index (κ3) is 7.40. The number of ether oxygens (including phenoxy) is 2. The van der Waals surface area contributed by atoms with Crippen molar-refractivity contribution in [2.75, 3.05) is 26.3 Å². The predicted molar refractivity (Wildman–Crippen MR) is 139 cm³/mol. The maximum atomic E-state index is 10.7. The van der Waals surface area contributed by atoms with E-state index in [-0.39, 0.29) is 0 Å². The molecular formula is C29H39N3O3. The first-order valence-electron chi connectivity index (χ1n) is 12.8. The Morgan fingerprint density at radius 3 is 2.51 bits per heavy atom. The normalized spacial score (nSPS) is 14.6. The van der Waals surface area contributed by atoms with E-state index in [1.165, 1.54) is 12.8 Å². The van der Waals surface area contributed by atoms with Crippen molar-refractivity contribution in [3.8, 4) is 17.3 Å². The van der Waals surface area contributed by atoms with Crippen LogP contribution in [0.3, 0.4) is 0 Å². The first-order valence-corrected chi connectivity index (χ1v) is 12.8. The van der Waals surface area contributed by atoms with Gasteiger partial charge in [-0.05, 0) is 68.4 Å². The summed E-state index contributed by atoms with van der Waals surface area (Å²) >= 11 is 0. The summed E-state index contributed by atoms with van der Waals surface area (Å²) in [6.45, 7) is 11.5. The molecule has 1 aliphatic carbocycles. The Bertz CT molecular complexity index is 1080. The lowest BCUT2D eigenvalue weighted by Crippen LogP contribution is -2.36. The minimum absolute atomic E-state index is 0.355. The molecule has 2 aromatic carbocycles. The second-order valence-corrected chi connectivity index (χ2v) is 10.3. The Labute approximate surface area is 209 Å². The van der Waals surface area contributed by atoms with E-state index in [1.54, 1.807) is 0 Å². The molecule has 0 saturated heterocycles. The zero-order valence-corrected chi connectivity index (χ0v) is 21.5. The smallest absolute Gasteiger partial charge is 0.227 e. The monoisotopic (exact) mass is 477 g/mol. The fourth-order valence-corrected chi connectivity index (χ4v) is 4.24. The first-order chi connectivity index (χ1) is 16.9. The molecule has 0 spiro atoms. The number of hydrogen-bond donors (Lipinski definition) is 1. The van der Waals surface area contributed by atoms with Crippen molar-refractivity contribution in [3.05, 3.63) is 71.4 Å². The van der Waals surface area contributed by atoms with Crippen LogP contribution in [0.4, 0.5) is 0 Å². The number of rotatable bonds is 13. The van der Waals surface area contributed by atoms with Crippen LogP contribution in [-0.4, -0.2) is 52.2 Å². The SMILES string of the molecule is Cc1cccc(Oc2c(CN(CC3CC3)C[C@H](O)COCC(C)C)c(C)nn2-c2ccccc2)c1. The van der Waals surface area contributed by atoms with Gasteiger partial charge in [0, 0.05) is 26.2 Å². The molecule has 1 aromatic heterocycles. The summed E-state index contributed by atoms with van der Waals surface area (Å²) in [7, 11) is 0. The molecule has 188 valence electrons. The minimum atomic E-state index is -0.530. The average molecular weight is 478 g/mol. The molecule has 0 amide bonds. The molecule has 4 rings (SSSR count). The number of para-hydroxylation sites is 1. The third-order valence-corrected chi connectivity index (χ3v) is 6.17. The van der Waals surface area contributed by atoms with Gasteiger partial charge in [-0.2, -0.15) is 5.10 Å². The molecule has 3 aromatic rings. The number of aryl methyl sites for hydroxylation is 2. The van der Waals surface area contributed by atoms with Gasteiger partial charge in [-0.3, -0.25) is 4.90 Å². The summed E-state index contributed by atoms with van der Waals surface area (Å²) in [5.74, 6) is 2.67. The highest BCUT2D eigenvalue weighted by atomic mass is 16.5. The summed E-state index contributed by atoms with van der Waals surface area (Å²) in [5, 5.41) is 15.6. The van der Waals surface area contributed by atoms with Gasteiger partial charge in [-0.25, -0.2) is 4.68 Å². The number of nitrogens with zero attached hydrogens (tertiary/aromatic N) is 3. The van der Waals surface area contributed by atoms with Crippen LogP contribution in [0.5, 0.6) is 11.6 Å². The largest absolute Gasteiger partial charge is 0.439 e. The molecule has 1 heterocycles. The molecule has 1 N–H and O–H groups in total. The Hall–Kier alpha value is -2.67. The number of benzene rings is 2. The van der Waals surface area contributed by atoms with Crippen molar-refractivity contribution < 1.29 is 14.6 Å². The zero-order valence-electron chi connectivity index (χ0n) is 21.5. The molecule has 0 aliphatic heterocycles. The van der Waals surface area contributed by atoms with Crippen molar-refractivity contribution >= 4 is 0 Å². The fraction of sp³-hybridized carbons (Fsp3) is 0.483. The van der Waals surface area contributed by atoms with Crippen LogP contribution in [-0.2, 0) is 11.3 Å². The number of aliphatic hydroxyl groups excluding tert-OH is 1. The van der Waals surface area contributed by atoms with E-state index in [0.717, 1.165) is 40.7 Å². The van der Waals surface area contributed by atoms with Crippen LogP contribution in [0.2, 0.25) is 0 Å². The Kier molecular flexibility index (Phi) is 8.60. The molecule has 0 unspecified atom stereocenters. The van der Waals surface area contributed by atoms with Crippen LogP contribution in [0.1, 0.15) is 43.5 Å². The summed E-state index contributed by atoms with van der Waals surface area (Å²) < 4.78 is 14.1. The van der Waals surface area contributed by atoms with Gasteiger partial charge >= 0.3 is 0 Å². The van der Waals surface area contributed by atoms with Crippen molar-refractivity contribution in [3.63, 3.8) is 0 Å². The minimum Gasteiger partial charge on any atom is -0.439 e. The molecule has 0 bridgehead atoms. The van der Waals surface area contributed by atoms with Crippen LogP contribution >= 0.6 is 0 Å². The quantitative estimate of drug-likeness (QED) is 0.351. The van der Waals surface area contributed by atoms with Gasteiger partial charge in [-0.15, -0.1) is 0 Å². The fourth-order valence-electron chi connectivity index (χ4n) is 4.24. The van der Waals surface area contributed by atoms with Gasteiger partial charge in [0.15, 0.2) is 0 Å². The van der Waals surface area contributed by atoms with Gasteiger partial charge in [0.1, 0.15) is 5.75 Å². The van der Waals surface area contributed by atoms with Crippen molar-refractivity contribution in [2.24, 2.45) is 11.8 Å². The topological polar surface area (TPSA) is 59.8 Å². The van der Waals surface area contributed by atoms with Crippen molar-refractivity contribution in [1.82, 2.24) is 14.7 Å². The number of hydrogen-bond acceptors (Lipinski definition) is 5. The molecule has 6 heteroatoms. The van der Waals surface area contributed by atoms with Crippen LogP contribution in [0, 0.1) is 25.7 Å². The average Bonchev–Trinajstić information content (AvgIpc) is 3.58. The Morgan fingerprint density at radius 2 is 1.83 bits per heavy atom. The molecule has 1 fully saturated rings. The lowest BCUT2D eigenvalue weighted by atomic mass is 10.2. The Morgan fingerprint density at radius 1 is 1.06 bits per heavy atom. The maximum Gasteiger partial charge on any atom is 0.227 e. The molecular weight excluding hydrogens is 438 g/mol. The van der Waals surface area contributed by atoms with Crippen LogP contribution in [0.15, 0.2) is 54.6 Å². The highest BCUT2D eigenvalue weighted by Gasteiger charge is 2.28. The first kappa shape index (κ1) is 25.4. The van der Waals surface area contributed by atoms with E-state index in [2.05, 4.69) is 31.7 Å². The molecule has 6 nitrogen and oxygen atoms in total. The second-order valence-electron chi connectivity index (χ2n) is 10.3. The van der Waals surface area contributed by atoms with Gasteiger partial charge < -0.3 is 14.6 Å². The van der Waals surface area contributed by atoms with E-state index < -0.39 is 6.10 Å². The highest BCUT2D eigenvalue weighted by Crippen LogP contribution is 2.34. The highest BCUT2D eigenvalue weighted by molar-refractivity contribution is 5.43.